The van der Waals surface area contributed by atoms with Gasteiger partial charge in [0.1, 0.15) is 11.6 Å². The zero-order valence-corrected chi connectivity index (χ0v) is 23.0. The van der Waals surface area contributed by atoms with Crippen LogP contribution in [0.25, 0.3) is 0 Å². The standard InChI is InChI=1S/C30H39F2N3OS/c1-4-6-14-35(3)21-28-10-11-29(37-28)30(36)34-27(18-24-16-25(31)19-26(32)17-24)12-13-33-20-23-9-7-8-22(5-2)15-23/h7-11,15-17,19,27,33H,4-6,12-14,18,20-21H2,1-3H3,(H,34,36)/t27-/m1/s1. The normalized spacial score (nSPS) is 12.2. The van der Waals surface area contributed by atoms with Gasteiger partial charge in [0.15, 0.2) is 0 Å². The van der Waals surface area contributed by atoms with Crippen molar-refractivity contribution in [3.05, 3.63) is 92.7 Å². The van der Waals surface area contributed by atoms with E-state index >= 15 is 0 Å². The summed E-state index contributed by atoms with van der Waals surface area (Å²) in [7, 11) is 2.09. The highest BCUT2D eigenvalue weighted by Crippen LogP contribution is 2.19. The summed E-state index contributed by atoms with van der Waals surface area (Å²) < 4.78 is 27.6. The Morgan fingerprint density at radius 3 is 2.49 bits per heavy atom. The Morgan fingerprint density at radius 1 is 1.00 bits per heavy atom. The van der Waals surface area contributed by atoms with Gasteiger partial charge in [0.2, 0.25) is 0 Å². The van der Waals surface area contributed by atoms with E-state index in [2.05, 4.69) is 60.7 Å². The van der Waals surface area contributed by atoms with E-state index in [1.54, 1.807) is 0 Å². The van der Waals surface area contributed by atoms with E-state index in [0.29, 0.717) is 29.8 Å². The van der Waals surface area contributed by atoms with Crippen molar-refractivity contribution in [1.82, 2.24) is 15.5 Å². The molecular formula is C30H39F2N3OS. The lowest BCUT2D eigenvalue weighted by Crippen LogP contribution is -2.38. The van der Waals surface area contributed by atoms with Gasteiger partial charge in [0.25, 0.3) is 5.91 Å². The molecule has 4 nitrogen and oxygen atoms in total. The number of benzene rings is 2. The molecular weight excluding hydrogens is 488 g/mol. The molecule has 0 saturated carbocycles. The van der Waals surface area contributed by atoms with Gasteiger partial charge in [-0.2, -0.15) is 0 Å². The maximum Gasteiger partial charge on any atom is 0.261 e. The fourth-order valence-electron chi connectivity index (χ4n) is 4.32. The quantitative estimate of drug-likeness (QED) is 0.227. The monoisotopic (exact) mass is 527 g/mol. The zero-order chi connectivity index (χ0) is 26.6. The Balaban J connectivity index is 1.61. The third kappa shape index (κ3) is 9.99. The van der Waals surface area contributed by atoms with Gasteiger partial charge in [-0.1, -0.05) is 44.5 Å². The van der Waals surface area contributed by atoms with Crippen LogP contribution >= 0.6 is 11.3 Å². The second-order valence-corrected chi connectivity index (χ2v) is 10.8. The van der Waals surface area contributed by atoms with Gasteiger partial charge in [0.05, 0.1) is 4.88 Å². The molecule has 0 aliphatic heterocycles. The Hall–Kier alpha value is -2.61. The number of hydrogen-bond acceptors (Lipinski definition) is 4. The van der Waals surface area contributed by atoms with E-state index in [0.717, 1.165) is 49.8 Å². The minimum absolute atomic E-state index is 0.148. The molecule has 1 amide bonds. The van der Waals surface area contributed by atoms with Crippen LogP contribution in [0.2, 0.25) is 0 Å². The van der Waals surface area contributed by atoms with Crippen molar-refractivity contribution in [1.29, 1.82) is 0 Å². The summed E-state index contributed by atoms with van der Waals surface area (Å²) in [4.78, 5) is 17.1. The fraction of sp³-hybridized carbons (Fsp3) is 0.433. The van der Waals surface area contributed by atoms with Gasteiger partial charge >= 0.3 is 0 Å². The first-order chi connectivity index (χ1) is 17.9. The summed E-state index contributed by atoms with van der Waals surface area (Å²) in [5.74, 6) is -1.36. The number of amides is 1. The summed E-state index contributed by atoms with van der Waals surface area (Å²) in [6, 6.07) is 15.6. The van der Waals surface area contributed by atoms with Crippen LogP contribution in [0.15, 0.2) is 54.6 Å². The molecule has 0 saturated heterocycles. The molecule has 3 rings (SSSR count). The van der Waals surface area contributed by atoms with Crippen molar-refractivity contribution >= 4 is 17.2 Å². The van der Waals surface area contributed by atoms with Crippen molar-refractivity contribution in [3.63, 3.8) is 0 Å². The highest BCUT2D eigenvalue weighted by atomic mass is 32.1. The van der Waals surface area contributed by atoms with E-state index in [-0.39, 0.29) is 11.9 Å². The molecule has 37 heavy (non-hydrogen) atoms. The first-order valence-corrected chi connectivity index (χ1v) is 14.0. The van der Waals surface area contributed by atoms with Gasteiger partial charge < -0.3 is 15.5 Å². The molecule has 2 N–H and O–H groups in total. The summed E-state index contributed by atoms with van der Waals surface area (Å²) >= 11 is 1.50. The molecule has 7 heteroatoms. The molecule has 1 aromatic heterocycles. The lowest BCUT2D eigenvalue weighted by Gasteiger charge is -2.19. The third-order valence-electron chi connectivity index (χ3n) is 6.34. The molecule has 2 aromatic carbocycles. The second kappa shape index (κ2) is 15.0. The van der Waals surface area contributed by atoms with Crippen LogP contribution in [0.5, 0.6) is 0 Å². The van der Waals surface area contributed by atoms with Gasteiger partial charge in [-0.25, -0.2) is 8.78 Å². The number of nitrogens with zero attached hydrogens (tertiary/aromatic N) is 1. The van der Waals surface area contributed by atoms with E-state index in [1.165, 1.54) is 34.6 Å². The van der Waals surface area contributed by atoms with Crippen LogP contribution < -0.4 is 10.6 Å². The average molecular weight is 528 g/mol. The number of carbonyl (C=O) groups is 1. The number of unbranched alkanes of at least 4 members (excludes halogenated alkanes) is 1. The Labute approximate surface area is 224 Å². The minimum atomic E-state index is -0.607. The maximum atomic E-state index is 13.8. The van der Waals surface area contributed by atoms with Crippen molar-refractivity contribution < 1.29 is 13.6 Å². The first-order valence-electron chi connectivity index (χ1n) is 13.2. The maximum absolute atomic E-state index is 13.8. The molecule has 200 valence electrons. The average Bonchev–Trinajstić information content (AvgIpc) is 3.33. The molecule has 0 radical (unpaired) electrons. The Kier molecular flexibility index (Phi) is 11.7. The number of rotatable bonds is 15. The number of hydrogen-bond donors (Lipinski definition) is 2. The molecule has 0 spiro atoms. The van der Waals surface area contributed by atoms with Crippen molar-refractivity contribution in [2.24, 2.45) is 0 Å². The minimum Gasteiger partial charge on any atom is -0.348 e. The molecule has 0 aliphatic rings. The number of thiophene rings is 1. The molecule has 0 bridgehead atoms. The predicted molar refractivity (Wildman–Crippen MR) is 149 cm³/mol. The number of carbonyl (C=O) groups excluding carboxylic acids is 1. The van der Waals surface area contributed by atoms with Gasteiger partial charge in [-0.05, 0) is 86.8 Å². The van der Waals surface area contributed by atoms with E-state index in [4.69, 9.17) is 0 Å². The fourth-order valence-corrected chi connectivity index (χ4v) is 5.31. The highest BCUT2D eigenvalue weighted by molar-refractivity contribution is 7.14. The van der Waals surface area contributed by atoms with Gasteiger partial charge in [0, 0.05) is 30.1 Å². The summed E-state index contributed by atoms with van der Waals surface area (Å²) in [6.07, 6.45) is 4.28. The predicted octanol–water partition coefficient (Wildman–Crippen LogP) is 6.34. The van der Waals surface area contributed by atoms with Crippen molar-refractivity contribution in [2.45, 2.75) is 65.1 Å². The van der Waals surface area contributed by atoms with Crippen LogP contribution in [0.4, 0.5) is 8.78 Å². The topological polar surface area (TPSA) is 44.4 Å². The van der Waals surface area contributed by atoms with Crippen LogP contribution in [-0.4, -0.2) is 37.0 Å². The zero-order valence-electron chi connectivity index (χ0n) is 22.2. The SMILES string of the molecule is CCCCN(C)Cc1ccc(C(=O)N[C@H](CCNCc2cccc(CC)c2)Cc2cc(F)cc(F)c2)s1. The van der Waals surface area contributed by atoms with Crippen LogP contribution in [0.3, 0.4) is 0 Å². The van der Waals surface area contributed by atoms with Gasteiger partial charge in [-0.15, -0.1) is 11.3 Å². The number of nitrogens with one attached hydrogen (secondary N) is 2. The summed E-state index contributed by atoms with van der Waals surface area (Å²) in [5.41, 5.74) is 3.04. The Bertz CT molecular complexity index is 1110. The van der Waals surface area contributed by atoms with Crippen LogP contribution in [0.1, 0.15) is 64.3 Å². The lowest BCUT2D eigenvalue weighted by atomic mass is 10.0. The summed E-state index contributed by atoms with van der Waals surface area (Å²) in [6.45, 7) is 7.54. The van der Waals surface area contributed by atoms with Crippen LogP contribution in [0, 0.1) is 11.6 Å². The Morgan fingerprint density at radius 2 is 1.76 bits per heavy atom. The van der Waals surface area contributed by atoms with Gasteiger partial charge in [-0.3, -0.25) is 4.79 Å². The van der Waals surface area contributed by atoms with E-state index in [9.17, 15) is 13.6 Å². The molecule has 1 atom stereocenters. The molecule has 0 aliphatic carbocycles. The van der Waals surface area contributed by atoms with E-state index in [1.807, 2.05) is 12.1 Å². The van der Waals surface area contributed by atoms with Crippen molar-refractivity contribution in [3.8, 4) is 0 Å². The second-order valence-electron chi connectivity index (χ2n) is 9.65. The first kappa shape index (κ1) is 29.0. The third-order valence-corrected chi connectivity index (χ3v) is 7.41. The molecule has 0 unspecified atom stereocenters. The van der Waals surface area contributed by atoms with E-state index < -0.39 is 11.6 Å². The summed E-state index contributed by atoms with van der Waals surface area (Å²) in [5, 5.41) is 6.56. The highest BCUT2D eigenvalue weighted by Gasteiger charge is 2.17. The number of aryl methyl sites for hydroxylation is 1. The molecule has 0 fully saturated rings. The molecule has 1 heterocycles. The smallest absolute Gasteiger partial charge is 0.261 e. The van der Waals surface area contributed by atoms with Crippen LogP contribution in [-0.2, 0) is 25.9 Å². The van der Waals surface area contributed by atoms with Crippen molar-refractivity contribution in [2.75, 3.05) is 20.1 Å². The largest absolute Gasteiger partial charge is 0.348 e. The molecule has 3 aromatic rings. The number of halogens is 2. The lowest BCUT2D eigenvalue weighted by molar-refractivity contribution is 0.0939.